The first-order valence-corrected chi connectivity index (χ1v) is 8.22. The van der Waals surface area contributed by atoms with Crippen molar-refractivity contribution in [3.8, 4) is 5.75 Å². The molecule has 130 valence electrons. The third kappa shape index (κ3) is 3.50. The van der Waals surface area contributed by atoms with Gasteiger partial charge in [0.2, 0.25) is 6.10 Å². The first kappa shape index (κ1) is 17.8. The van der Waals surface area contributed by atoms with Gasteiger partial charge in [0, 0.05) is 11.8 Å². The molecule has 0 spiro atoms. The van der Waals surface area contributed by atoms with Crippen molar-refractivity contribution in [1.29, 1.82) is 0 Å². The zero-order chi connectivity index (χ0) is 18.3. The number of carbonyl (C=O) groups is 1. The molecule has 0 radical (unpaired) electrons. The van der Waals surface area contributed by atoms with Gasteiger partial charge in [-0.3, -0.25) is 4.79 Å². The average molecular weight is 363 g/mol. The fourth-order valence-corrected chi connectivity index (χ4v) is 3.00. The zero-order valence-electron chi connectivity index (χ0n) is 12.2. The summed E-state index contributed by atoms with van der Waals surface area (Å²) >= 11 is 0. The predicted molar refractivity (Wildman–Crippen MR) is 78.8 cm³/mol. The number of halogens is 3. The third-order valence-corrected chi connectivity index (χ3v) is 4.18. The highest BCUT2D eigenvalue weighted by Gasteiger charge is 2.48. The van der Waals surface area contributed by atoms with Crippen LogP contribution in [-0.4, -0.2) is 38.8 Å². The highest BCUT2D eigenvalue weighted by molar-refractivity contribution is 7.90. The number of alkyl halides is 3. The predicted octanol–water partition coefficient (Wildman–Crippen LogP) is 0.597. The van der Waals surface area contributed by atoms with Crippen LogP contribution in [0.2, 0.25) is 0 Å². The summed E-state index contributed by atoms with van der Waals surface area (Å²) < 4.78 is 67.9. The molecule has 1 amide bonds. The minimum absolute atomic E-state index is 0.172. The SMILES string of the molecule is CS(=O)(=O)c1cccc2c1C=C(C(=O)N=C(N)N)C(C(F)(F)F)O2. The van der Waals surface area contributed by atoms with E-state index in [9.17, 15) is 26.4 Å². The van der Waals surface area contributed by atoms with E-state index in [2.05, 4.69) is 4.99 Å². The lowest BCUT2D eigenvalue weighted by molar-refractivity contribution is -0.185. The van der Waals surface area contributed by atoms with Crippen LogP contribution in [0.5, 0.6) is 5.75 Å². The quantitative estimate of drug-likeness (QED) is 0.585. The molecule has 1 aromatic rings. The molecule has 0 saturated heterocycles. The van der Waals surface area contributed by atoms with Gasteiger partial charge in [0.15, 0.2) is 15.8 Å². The normalized spacial score (nSPS) is 17.3. The average Bonchev–Trinajstić information content (AvgIpc) is 2.42. The van der Waals surface area contributed by atoms with Crippen LogP contribution in [0.4, 0.5) is 13.2 Å². The molecule has 11 heteroatoms. The lowest BCUT2D eigenvalue weighted by Gasteiger charge is -2.28. The summed E-state index contributed by atoms with van der Waals surface area (Å²) in [5, 5.41) is 0. The van der Waals surface area contributed by atoms with Crippen LogP contribution in [0.25, 0.3) is 6.08 Å². The molecule has 4 N–H and O–H groups in total. The maximum atomic E-state index is 13.2. The molecule has 0 saturated carbocycles. The van der Waals surface area contributed by atoms with Crippen LogP contribution in [0.3, 0.4) is 0 Å². The van der Waals surface area contributed by atoms with Crippen molar-refractivity contribution in [2.45, 2.75) is 17.2 Å². The number of hydrogen-bond acceptors (Lipinski definition) is 4. The highest BCUT2D eigenvalue weighted by Crippen LogP contribution is 2.39. The van der Waals surface area contributed by atoms with Crippen molar-refractivity contribution >= 4 is 27.8 Å². The van der Waals surface area contributed by atoms with Gasteiger partial charge in [-0.05, 0) is 18.2 Å². The second kappa shape index (κ2) is 5.82. The van der Waals surface area contributed by atoms with Gasteiger partial charge in [0.1, 0.15) is 5.75 Å². The Kier molecular flexibility index (Phi) is 4.31. The number of nitrogens with zero attached hydrogens (tertiary/aromatic N) is 1. The Hall–Kier alpha value is -2.56. The lowest BCUT2D eigenvalue weighted by atomic mass is 10.0. The van der Waals surface area contributed by atoms with E-state index in [0.29, 0.717) is 0 Å². The standard InChI is InChI=1S/C13H12F3N3O4S/c1-24(21,22)9-4-2-3-8-6(9)5-7(11(20)19-12(17)18)10(23-8)13(14,15)16/h2-5,10H,1H3,(H4,17,18,19,20). The number of nitrogens with two attached hydrogens (primary N) is 2. The Labute approximate surface area is 134 Å². The fraction of sp³-hybridized carbons (Fsp3) is 0.231. The maximum absolute atomic E-state index is 13.2. The zero-order valence-corrected chi connectivity index (χ0v) is 13.0. The van der Waals surface area contributed by atoms with Crippen LogP contribution < -0.4 is 16.2 Å². The van der Waals surface area contributed by atoms with E-state index in [0.717, 1.165) is 12.3 Å². The van der Waals surface area contributed by atoms with Crippen molar-refractivity contribution in [1.82, 2.24) is 0 Å². The van der Waals surface area contributed by atoms with Crippen LogP contribution in [0, 0.1) is 0 Å². The summed E-state index contributed by atoms with van der Waals surface area (Å²) in [6.07, 6.45) is -5.89. The van der Waals surface area contributed by atoms with Crippen LogP contribution in [0.1, 0.15) is 5.56 Å². The lowest BCUT2D eigenvalue weighted by Crippen LogP contribution is -2.40. The summed E-state index contributed by atoms with van der Waals surface area (Å²) in [4.78, 5) is 14.7. The van der Waals surface area contributed by atoms with Crippen LogP contribution in [0.15, 0.2) is 33.7 Å². The molecular formula is C13H12F3N3O4S. The van der Waals surface area contributed by atoms with Crippen molar-refractivity contribution in [2.75, 3.05) is 6.26 Å². The molecule has 1 aromatic carbocycles. The van der Waals surface area contributed by atoms with Crippen molar-refractivity contribution in [3.05, 3.63) is 29.3 Å². The maximum Gasteiger partial charge on any atom is 0.429 e. The monoisotopic (exact) mass is 363 g/mol. The van der Waals surface area contributed by atoms with Gasteiger partial charge in [-0.15, -0.1) is 0 Å². The topological polar surface area (TPSA) is 125 Å². The Morgan fingerprint density at radius 1 is 1.29 bits per heavy atom. The number of hydrogen-bond donors (Lipinski definition) is 2. The number of fused-ring (bicyclic) bond motifs is 1. The number of sulfone groups is 1. The number of guanidine groups is 1. The number of aliphatic imine (C=N–C) groups is 1. The van der Waals surface area contributed by atoms with Gasteiger partial charge in [-0.25, -0.2) is 8.42 Å². The van der Waals surface area contributed by atoms with Crippen molar-refractivity contribution < 1.29 is 31.1 Å². The molecule has 1 atom stereocenters. The third-order valence-electron chi connectivity index (χ3n) is 3.03. The summed E-state index contributed by atoms with van der Waals surface area (Å²) in [6.45, 7) is 0. The van der Waals surface area contributed by atoms with E-state index >= 15 is 0 Å². The Balaban J connectivity index is 2.72. The first-order chi connectivity index (χ1) is 10.9. The van der Waals surface area contributed by atoms with Gasteiger partial charge in [0.25, 0.3) is 5.91 Å². The summed E-state index contributed by atoms with van der Waals surface area (Å²) in [5.74, 6) is -2.42. The molecule has 1 unspecified atom stereocenters. The first-order valence-electron chi connectivity index (χ1n) is 6.33. The summed E-state index contributed by atoms with van der Waals surface area (Å²) in [6, 6.07) is 3.59. The molecular weight excluding hydrogens is 351 g/mol. The minimum Gasteiger partial charge on any atom is -0.475 e. The van der Waals surface area contributed by atoms with E-state index in [1.54, 1.807) is 0 Å². The molecule has 1 aliphatic rings. The van der Waals surface area contributed by atoms with E-state index in [1.165, 1.54) is 18.2 Å². The molecule has 2 rings (SSSR count). The van der Waals surface area contributed by atoms with Gasteiger partial charge < -0.3 is 16.2 Å². The van der Waals surface area contributed by atoms with Gasteiger partial charge in [-0.2, -0.15) is 18.2 Å². The van der Waals surface area contributed by atoms with Gasteiger partial charge in [0.05, 0.1) is 10.5 Å². The second-order valence-corrected chi connectivity index (χ2v) is 6.91. The highest BCUT2D eigenvalue weighted by atomic mass is 32.2. The molecule has 0 bridgehead atoms. The molecule has 7 nitrogen and oxygen atoms in total. The van der Waals surface area contributed by atoms with Gasteiger partial charge >= 0.3 is 6.18 Å². The number of rotatable bonds is 2. The molecule has 0 aliphatic carbocycles. The Morgan fingerprint density at radius 3 is 2.42 bits per heavy atom. The second-order valence-electron chi connectivity index (χ2n) is 4.92. The van der Waals surface area contributed by atoms with E-state index in [4.69, 9.17) is 16.2 Å². The number of ether oxygens (including phenoxy) is 1. The molecule has 24 heavy (non-hydrogen) atoms. The van der Waals surface area contributed by atoms with Crippen molar-refractivity contribution in [3.63, 3.8) is 0 Å². The summed E-state index contributed by atoms with van der Waals surface area (Å²) in [5.41, 5.74) is 8.93. The molecule has 0 fully saturated rings. The number of benzene rings is 1. The van der Waals surface area contributed by atoms with Crippen molar-refractivity contribution in [2.24, 2.45) is 16.5 Å². The van der Waals surface area contributed by atoms with Crippen LogP contribution in [-0.2, 0) is 14.6 Å². The van der Waals surface area contributed by atoms with E-state index < -0.39 is 39.6 Å². The molecule has 0 aromatic heterocycles. The Morgan fingerprint density at radius 2 is 1.92 bits per heavy atom. The summed E-state index contributed by atoms with van der Waals surface area (Å²) in [7, 11) is -3.77. The Bertz CT molecular complexity index is 856. The minimum atomic E-state index is -4.93. The largest absolute Gasteiger partial charge is 0.475 e. The van der Waals surface area contributed by atoms with E-state index in [1.807, 2.05) is 0 Å². The van der Waals surface area contributed by atoms with Crippen LogP contribution >= 0.6 is 0 Å². The molecule has 1 heterocycles. The number of carbonyl (C=O) groups excluding carboxylic acids is 1. The van der Waals surface area contributed by atoms with Gasteiger partial charge in [-0.1, -0.05) is 6.07 Å². The smallest absolute Gasteiger partial charge is 0.429 e. The fourth-order valence-electron chi connectivity index (χ4n) is 2.11. The number of amides is 1. The van der Waals surface area contributed by atoms with E-state index in [-0.39, 0.29) is 16.2 Å². The molecule has 1 aliphatic heterocycles.